The molecule has 2 aliphatic rings. The van der Waals surface area contributed by atoms with E-state index >= 15 is 0 Å². The number of amides is 1. The van der Waals surface area contributed by atoms with Crippen LogP contribution in [0.25, 0.3) is 11.0 Å². The average molecular weight is 454 g/mol. The summed E-state index contributed by atoms with van der Waals surface area (Å²) >= 11 is 0. The Balaban J connectivity index is 1.24. The highest BCUT2D eigenvalue weighted by Gasteiger charge is 2.33. The van der Waals surface area contributed by atoms with Crippen LogP contribution in [0.4, 0.5) is 4.39 Å². The lowest BCUT2D eigenvalue weighted by atomic mass is 10.0. The number of halogens is 1. The van der Waals surface area contributed by atoms with E-state index in [0.717, 1.165) is 30.6 Å². The van der Waals surface area contributed by atoms with Gasteiger partial charge in [0.25, 0.3) is 0 Å². The van der Waals surface area contributed by atoms with Gasteiger partial charge in [0, 0.05) is 38.6 Å². The Kier molecular flexibility index (Phi) is 6.01. The molecule has 0 bridgehead atoms. The number of carbonyl (C=O) groups is 1. The van der Waals surface area contributed by atoms with Gasteiger partial charge in [-0.3, -0.25) is 9.69 Å². The van der Waals surface area contributed by atoms with Crippen molar-refractivity contribution in [3.8, 4) is 11.5 Å². The molecule has 2 aromatic heterocycles. The zero-order valence-corrected chi connectivity index (χ0v) is 18.6. The van der Waals surface area contributed by atoms with Gasteiger partial charge in [-0.05, 0) is 42.7 Å². The van der Waals surface area contributed by atoms with Crippen LogP contribution in [0.5, 0.6) is 11.5 Å². The molecule has 0 aliphatic carbocycles. The lowest BCUT2D eigenvalue weighted by molar-refractivity contribution is -0.138. The molecule has 2 unspecified atom stereocenters. The molecule has 3 N–H and O–H groups in total. The molecule has 0 radical (unpaired) electrons. The van der Waals surface area contributed by atoms with Gasteiger partial charge in [-0.2, -0.15) is 0 Å². The van der Waals surface area contributed by atoms with Crippen molar-refractivity contribution in [2.45, 2.75) is 25.4 Å². The molecule has 9 heteroatoms. The molecular formula is C24H28FN5O3. The van der Waals surface area contributed by atoms with Crippen molar-refractivity contribution in [1.29, 1.82) is 0 Å². The van der Waals surface area contributed by atoms with E-state index in [2.05, 4.69) is 14.9 Å². The second kappa shape index (κ2) is 9.09. The van der Waals surface area contributed by atoms with Gasteiger partial charge in [-0.15, -0.1) is 0 Å². The number of aryl methyl sites for hydroxylation is 1. The zero-order chi connectivity index (χ0) is 22.9. The average Bonchev–Trinajstić information content (AvgIpc) is 3.21. The molecule has 3 aromatic rings. The standard InChI is InChI=1S/C24H28FN5O3/c1-15-12-28-23-22(15)21(4-5-27-23)33-20-3-2-16(10-18(20)25)11-19(26)24(31)30-7-6-29-8-9-32-14-17(29)13-30/h2-5,10,12,17,19H,6-9,11,13-14,26H2,1H3,(H,27,28). The number of hydrogen-bond acceptors (Lipinski definition) is 6. The Morgan fingerprint density at radius 3 is 3.06 bits per heavy atom. The maximum Gasteiger partial charge on any atom is 0.239 e. The Labute approximate surface area is 191 Å². The van der Waals surface area contributed by atoms with Crippen LogP contribution in [-0.2, 0) is 16.0 Å². The summed E-state index contributed by atoms with van der Waals surface area (Å²) in [5.41, 5.74) is 8.53. The number of aromatic nitrogens is 2. The minimum atomic E-state index is -0.727. The van der Waals surface area contributed by atoms with Crippen LogP contribution >= 0.6 is 0 Å². The molecule has 2 fully saturated rings. The largest absolute Gasteiger partial charge is 0.453 e. The molecular weight excluding hydrogens is 425 g/mol. The van der Waals surface area contributed by atoms with E-state index in [1.54, 1.807) is 24.4 Å². The number of hydrogen-bond donors (Lipinski definition) is 2. The van der Waals surface area contributed by atoms with Crippen LogP contribution in [0.15, 0.2) is 36.7 Å². The van der Waals surface area contributed by atoms with Crippen LogP contribution in [-0.4, -0.2) is 77.2 Å². The van der Waals surface area contributed by atoms with Crippen molar-refractivity contribution in [2.75, 3.05) is 39.4 Å². The van der Waals surface area contributed by atoms with Crippen LogP contribution in [0.2, 0.25) is 0 Å². The first-order valence-electron chi connectivity index (χ1n) is 11.2. The quantitative estimate of drug-likeness (QED) is 0.615. The highest BCUT2D eigenvalue weighted by molar-refractivity contribution is 5.86. The number of pyridine rings is 1. The van der Waals surface area contributed by atoms with E-state index in [9.17, 15) is 9.18 Å². The first kappa shape index (κ1) is 21.8. The van der Waals surface area contributed by atoms with E-state index in [1.165, 1.54) is 6.07 Å². The number of rotatable bonds is 5. The minimum Gasteiger partial charge on any atom is -0.453 e. The zero-order valence-electron chi connectivity index (χ0n) is 18.6. The highest BCUT2D eigenvalue weighted by atomic mass is 19.1. The van der Waals surface area contributed by atoms with E-state index in [-0.39, 0.29) is 24.1 Å². The molecule has 2 aliphatic heterocycles. The summed E-state index contributed by atoms with van der Waals surface area (Å²) in [7, 11) is 0. The predicted molar refractivity (Wildman–Crippen MR) is 122 cm³/mol. The van der Waals surface area contributed by atoms with Gasteiger partial charge in [0.15, 0.2) is 11.6 Å². The molecule has 2 atom stereocenters. The topological polar surface area (TPSA) is 96.7 Å². The SMILES string of the molecule is Cc1c[nH]c2nccc(Oc3ccc(CC(N)C(=O)N4CCN5CCOCC5C4)cc3F)c12. The summed E-state index contributed by atoms with van der Waals surface area (Å²) in [5.74, 6) is 0.0321. The number of nitrogens with two attached hydrogens (primary N) is 1. The van der Waals surface area contributed by atoms with Gasteiger partial charge >= 0.3 is 0 Å². The summed E-state index contributed by atoms with van der Waals surface area (Å²) in [6.45, 7) is 6.32. The summed E-state index contributed by atoms with van der Waals surface area (Å²) in [6.07, 6.45) is 3.71. The Hall–Kier alpha value is -3.01. The van der Waals surface area contributed by atoms with E-state index < -0.39 is 11.9 Å². The molecule has 8 nitrogen and oxygen atoms in total. The number of carbonyl (C=O) groups excluding carboxylic acids is 1. The highest BCUT2D eigenvalue weighted by Crippen LogP contribution is 2.32. The second-order valence-corrected chi connectivity index (χ2v) is 8.73. The third kappa shape index (κ3) is 4.44. The third-order valence-electron chi connectivity index (χ3n) is 6.47. The van der Waals surface area contributed by atoms with Crippen molar-refractivity contribution in [2.24, 2.45) is 5.73 Å². The van der Waals surface area contributed by atoms with Gasteiger partial charge in [-0.25, -0.2) is 9.37 Å². The van der Waals surface area contributed by atoms with Gasteiger partial charge in [-0.1, -0.05) is 6.07 Å². The van der Waals surface area contributed by atoms with E-state index in [1.807, 2.05) is 18.0 Å². The molecule has 0 spiro atoms. The maximum atomic E-state index is 14.8. The van der Waals surface area contributed by atoms with Crippen molar-refractivity contribution < 1.29 is 18.7 Å². The predicted octanol–water partition coefficient (Wildman–Crippen LogP) is 2.22. The Morgan fingerprint density at radius 1 is 1.33 bits per heavy atom. The van der Waals surface area contributed by atoms with Crippen molar-refractivity contribution in [3.63, 3.8) is 0 Å². The lowest BCUT2D eigenvalue weighted by Gasteiger charge is -2.44. The fourth-order valence-electron chi connectivity index (χ4n) is 4.66. The Bertz CT molecular complexity index is 1170. The first-order valence-corrected chi connectivity index (χ1v) is 11.2. The van der Waals surface area contributed by atoms with Crippen LogP contribution in [0, 0.1) is 12.7 Å². The summed E-state index contributed by atoms with van der Waals surface area (Å²) in [6, 6.07) is 5.92. The number of morpholine rings is 1. The summed E-state index contributed by atoms with van der Waals surface area (Å²) < 4.78 is 26.3. The number of aromatic amines is 1. The molecule has 1 amide bonds. The molecule has 174 valence electrons. The van der Waals surface area contributed by atoms with Crippen molar-refractivity contribution in [3.05, 3.63) is 53.6 Å². The molecule has 1 aromatic carbocycles. The van der Waals surface area contributed by atoms with E-state index in [4.69, 9.17) is 15.2 Å². The molecule has 33 heavy (non-hydrogen) atoms. The van der Waals surface area contributed by atoms with Crippen molar-refractivity contribution >= 4 is 16.9 Å². The number of nitrogens with zero attached hydrogens (tertiary/aromatic N) is 3. The van der Waals surface area contributed by atoms with Gasteiger partial charge in [0.1, 0.15) is 11.4 Å². The fourth-order valence-corrected chi connectivity index (χ4v) is 4.66. The monoisotopic (exact) mass is 453 g/mol. The van der Waals surface area contributed by atoms with Crippen molar-refractivity contribution in [1.82, 2.24) is 19.8 Å². The number of ether oxygens (including phenoxy) is 2. The third-order valence-corrected chi connectivity index (χ3v) is 6.47. The fraction of sp³-hybridized carbons (Fsp3) is 0.417. The number of nitrogens with one attached hydrogen (secondary N) is 1. The normalized spacial score (nSPS) is 20.0. The second-order valence-electron chi connectivity index (χ2n) is 8.73. The first-order chi connectivity index (χ1) is 16.0. The molecule has 4 heterocycles. The molecule has 2 saturated heterocycles. The summed E-state index contributed by atoms with van der Waals surface area (Å²) in [5, 5.41) is 0.817. The van der Waals surface area contributed by atoms with Gasteiger partial charge < -0.3 is 25.1 Å². The van der Waals surface area contributed by atoms with Crippen LogP contribution in [0.1, 0.15) is 11.1 Å². The van der Waals surface area contributed by atoms with E-state index in [0.29, 0.717) is 36.7 Å². The number of fused-ring (bicyclic) bond motifs is 2. The van der Waals surface area contributed by atoms with Gasteiger partial charge in [0.2, 0.25) is 5.91 Å². The van der Waals surface area contributed by atoms with Gasteiger partial charge in [0.05, 0.1) is 30.7 Å². The maximum absolute atomic E-state index is 14.8. The van der Waals surface area contributed by atoms with Crippen LogP contribution in [0.3, 0.4) is 0 Å². The number of piperazine rings is 1. The minimum absolute atomic E-state index is 0.108. The molecule has 5 rings (SSSR count). The summed E-state index contributed by atoms with van der Waals surface area (Å²) in [4.78, 5) is 24.4. The lowest BCUT2D eigenvalue weighted by Crippen LogP contribution is -2.61. The smallest absolute Gasteiger partial charge is 0.239 e. The molecule has 0 saturated carbocycles. The number of benzene rings is 1. The van der Waals surface area contributed by atoms with Crippen LogP contribution < -0.4 is 10.5 Å². The Morgan fingerprint density at radius 2 is 2.21 bits per heavy atom. The number of H-pyrrole nitrogens is 1.